The maximum absolute atomic E-state index is 12.5. The SMILES string of the molecule is Nc1ccc2c(c1)CCCC(C1CCOCC1)=C2c1ccc(O[C@H]2CCN(CCCF)C2)cc1. The fourth-order valence-corrected chi connectivity index (χ4v) is 5.90. The Morgan fingerprint density at radius 3 is 2.65 bits per heavy atom. The van der Waals surface area contributed by atoms with E-state index in [1.807, 2.05) is 6.07 Å². The van der Waals surface area contributed by atoms with E-state index in [2.05, 4.69) is 41.3 Å². The van der Waals surface area contributed by atoms with E-state index in [0.717, 1.165) is 82.8 Å². The first-order valence-corrected chi connectivity index (χ1v) is 13.0. The van der Waals surface area contributed by atoms with E-state index in [4.69, 9.17) is 15.2 Å². The third kappa shape index (κ3) is 5.31. The molecule has 2 saturated heterocycles. The number of halogens is 1. The second kappa shape index (κ2) is 10.9. The van der Waals surface area contributed by atoms with Gasteiger partial charge >= 0.3 is 0 Å². The van der Waals surface area contributed by atoms with Crippen LogP contribution in [0.1, 0.15) is 55.2 Å². The van der Waals surface area contributed by atoms with Gasteiger partial charge in [-0.2, -0.15) is 0 Å². The van der Waals surface area contributed by atoms with Gasteiger partial charge in [0.1, 0.15) is 11.9 Å². The highest BCUT2D eigenvalue weighted by atomic mass is 19.1. The van der Waals surface area contributed by atoms with Crippen molar-refractivity contribution in [2.24, 2.45) is 5.92 Å². The predicted molar refractivity (Wildman–Crippen MR) is 136 cm³/mol. The predicted octanol–water partition coefficient (Wildman–Crippen LogP) is 5.65. The first-order chi connectivity index (χ1) is 16.7. The Kier molecular flexibility index (Phi) is 7.51. The van der Waals surface area contributed by atoms with Crippen LogP contribution in [0.25, 0.3) is 5.57 Å². The van der Waals surface area contributed by atoms with Gasteiger partial charge in [-0.1, -0.05) is 23.8 Å². The number of anilines is 1. The van der Waals surface area contributed by atoms with E-state index in [9.17, 15) is 4.39 Å². The molecule has 34 heavy (non-hydrogen) atoms. The molecule has 0 unspecified atom stereocenters. The average molecular weight is 465 g/mol. The molecular formula is C29H37FN2O2. The average Bonchev–Trinajstić information content (AvgIpc) is 3.22. The first-order valence-electron chi connectivity index (χ1n) is 13.0. The fourth-order valence-electron chi connectivity index (χ4n) is 5.90. The third-order valence-electron chi connectivity index (χ3n) is 7.61. The summed E-state index contributed by atoms with van der Waals surface area (Å²) >= 11 is 0. The molecule has 5 heteroatoms. The topological polar surface area (TPSA) is 47.7 Å². The van der Waals surface area contributed by atoms with E-state index >= 15 is 0 Å². The summed E-state index contributed by atoms with van der Waals surface area (Å²) < 4.78 is 24.5. The maximum atomic E-state index is 12.5. The normalized spacial score (nSPS) is 22.0. The number of nitrogen functional groups attached to an aromatic ring is 1. The quantitative estimate of drug-likeness (QED) is 0.538. The zero-order valence-corrected chi connectivity index (χ0v) is 20.1. The molecule has 0 bridgehead atoms. The van der Waals surface area contributed by atoms with Crippen molar-refractivity contribution < 1.29 is 13.9 Å². The summed E-state index contributed by atoms with van der Waals surface area (Å²) in [5.74, 6) is 1.50. The number of aryl methyl sites for hydroxylation is 1. The summed E-state index contributed by atoms with van der Waals surface area (Å²) in [5, 5.41) is 0. The van der Waals surface area contributed by atoms with Crippen LogP contribution in [-0.4, -0.2) is 50.5 Å². The molecule has 2 aromatic carbocycles. The van der Waals surface area contributed by atoms with Gasteiger partial charge in [-0.3, -0.25) is 9.29 Å². The minimum atomic E-state index is -0.245. The Labute approximate surface area is 202 Å². The number of allylic oxidation sites excluding steroid dienone is 1. The van der Waals surface area contributed by atoms with Crippen LogP contribution in [0.15, 0.2) is 48.0 Å². The highest BCUT2D eigenvalue weighted by Crippen LogP contribution is 2.41. The molecule has 0 saturated carbocycles. The van der Waals surface area contributed by atoms with Gasteiger partial charge in [-0.05, 0) is 97.4 Å². The fraction of sp³-hybridized carbons (Fsp3) is 0.517. The number of alkyl halides is 1. The Morgan fingerprint density at radius 1 is 1.03 bits per heavy atom. The number of fused-ring (bicyclic) bond motifs is 1. The highest BCUT2D eigenvalue weighted by Gasteiger charge is 2.27. The van der Waals surface area contributed by atoms with Gasteiger partial charge in [0, 0.05) is 38.5 Å². The van der Waals surface area contributed by atoms with Gasteiger partial charge in [0.25, 0.3) is 0 Å². The lowest BCUT2D eigenvalue weighted by Crippen LogP contribution is -2.26. The number of hydrogen-bond acceptors (Lipinski definition) is 4. The molecule has 0 spiro atoms. The number of hydrogen-bond donors (Lipinski definition) is 1. The minimum absolute atomic E-state index is 0.184. The van der Waals surface area contributed by atoms with Crippen molar-refractivity contribution in [3.63, 3.8) is 0 Å². The van der Waals surface area contributed by atoms with E-state index < -0.39 is 0 Å². The smallest absolute Gasteiger partial charge is 0.119 e. The second-order valence-electron chi connectivity index (χ2n) is 9.95. The number of rotatable bonds is 7. The molecule has 0 aromatic heterocycles. The maximum Gasteiger partial charge on any atom is 0.119 e. The molecule has 2 aliphatic heterocycles. The lowest BCUT2D eigenvalue weighted by Gasteiger charge is -2.27. The molecule has 4 nitrogen and oxygen atoms in total. The van der Waals surface area contributed by atoms with E-state index in [-0.39, 0.29) is 12.8 Å². The zero-order chi connectivity index (χ0) is 23.3. The molecule has 2 N–H and O–H groups in total. The second-order valence-corrected chi connectivity index (χ2v) is 9.95. The lowest BCUT2D eigenvalue weighted by atomic mass is 9.81. The van der Waals surface area contributed by atoms with Crippen molar-refractivity contribution in [3.05, 3.63) is 64.7 Å². The van der Waals surface area contributed by atoms with Gasteiger partial charge in [-0.15, -0.1) is 0 Å². The van der Waals surface area contributed by atoms with Crippen LogP contribution in [-0.2, 0) is 11.2 Å². The Morgan fingerprint density at radius 2 is 1.85 bits per heavy atom. The van der Waals surface area contributed by atoms with E-state index in [0.29, 0.717) is 12.3 Å². The van der Waals surface area contributed by atoms with Crippen LogP contribution >= 0.6 is 0 Å². The van der Waals surface area contributed by atoms with Crippen LogP contribution in [0, 0.1) is 5.92 Å². The van der Waals surface area contributed by atoms with Crippen molar-refractivity contribution in [1.29, 1.82) is 0 Å². The van der Waals surface area contributed by atoms with E-state index in [1.165, 1.54) is 22.3 Å². The molecule has 2 heterocycles. The number of nitrogens with two attached hydrogens (primary N) is 1. The number of nitrogens with zero attached hydrogens (tertiary/aromatic N) is 1. The first kappa shape index (κ1) is 23.4. The van der Waals surface area contributed by atoms with Gasteiger partial charge in [0.2, 0.25) is 0 Å². The zero-order valence-electron chi connectivity index (χ0n) is 20.1. The number of likely N-dealkylation sites (tertiary alicyclic amines) is 1. The van der Waals surface area contributed by atoms with Crippen molar-refractivity contribution in [2.75, 3.05) is 45.3 Å². The Hall–Kier alpha value is -2.37. The summed E-state index contributed by atoms with van der Waals surface area (Å²) in [4.78, 5) is 2.30. The molecule has 5 rings (SSSR count). The summed E-state index contributed by atoms with van der Waals surface area (Å²) in [5.41, 5.74) is 13.9. The molecule has 2 fully saturated rings. The standard InChI is InChI=1S/C29H37FN2O2/c30-14-2-15-32-16-11-26(20-32)34-25-8-5-22(6-9-25)29-27(21-12-17-33-18-13-21)4-1-3-23-19-24(31)7-10-28(23)29/h5-10,19,21,26H,1-4,11-18,20,31H2/t26-/m0/s1. The van der Waals surface area contributed by atoms with Gasteiger partial charge in [0.15, 0.2) is 0 Å². The summed E-state index contributed by atoms with van der Waals surface area (Å²) in [6.45, 7) is 4.16. The highest BCUT2D eigenvalue weighted by molar-refractivity contribution is 5.85. The summed E-state index contributed by atoms with van der Waals surface area (Å²) in [7, 11) is 0. The minimum Gasteiger partial charge on any atom is -0.489 e. The van der Waals surface area contributed by atoms with Crippen LogP contribution in [0.5, 0.6) is 5.75 Å². The van der Waals surface area contributed by atoms with Crippen molar-refractivity contribution in [3.8, 4) is 5.75 Å². The summed E-state index contributed by atoms with van der Waals surface area (Å²) in [6.07, 6.45) is 7.36. The number of ether oxygens (including phenoxy) is 2. The molecule has 0 radical (unpaired) electrons. The largest absolute Gasteiger partial charge is 0.489 e. The van der Waals surface area contributed by atoms with Gasteiger partial charge in [-0.25, -0.2) is 0 Å². The Bertz CT molecular complexity index is 998. The van der Waals surface area contributed by atoms with Crippen molar-refractivity contribution in [2.45, 2.75) is 51.0 Å². The van der Waals surface area contributed by atoms with Crippen LogP contribution in [0.4, 0.5) is 10.1 Å². The molecule has 1 aliphatic carbocycles. The van der Waals surface area contributed by atoms with Crippen molar-refractivity contribution >= 4 is 11.3 Å². The van der Waals surface area contributed by atoms with Crippen LogP contribution in [0.2, 0.25) is 0 Å². The molecule has 1 atom stereocenters. The van der Waals surface area contributed by atoms with Crippen LogP contribution < -0.4 is 10.5 Å². The van der Waals surface area contributed by atoms with Crippen LogP contribution in [0.3, 0.4) is 0 Å². The number of benzene rings is 2. The third-order valence-corrected chi connectivity index (χ3v) is 7.61. The molecule has 3 aliphatic rings. The molecule has 182 valence electrons. The monoisotopic (exact) mass is 464 g/mol. The lowest BCUT2D eigenvalue weighted by molar-refractivity contribution is 0.0751. The molecular weight excluding hydrogens is 427 g/mol. The molecule has 2 aromatic rings. The van der Waals surface area contributed by atoms with Gasteiger partial charge in [0.05, 0.1) is 6.67 Å². The summed E-state index contributed by atoms with van der Waals surface area (Å²) in [6, 6.07) is 15.1. The van der Waals surface area contributed by atoms with Crippen molar-refractivity contribution in [1.82, 2.24) is 4.90 Å². The van der Waals surface area contributed by atoms with Gasteiger partial charge < -0.3 is 15.2 Å². The Balaban J connectivity index is 1.41. The van der Waals surface area contributed by atoms with E-state index in [1.54, 1.807) is 5.57 Å². The molecule has 0 amide bonds.